The Bertz CT molecular complexity index is 330. The molecule has 0 aromatic carbocycles. The zero-order valence-corrected chi connectivity index (χ0v) is 11.8. The van der Waals surface area contributed by atoms with Gasteiger partial charge in [-0.3, -0.25) is 4.79 Å². The van der Waals surface area contributed by atoms with Crippen LogP contribution >= 0.6 is 11.8 Å². The van der Waals surface area contributed by atoms with Crippen molar-refractivity contribution in [2.75, 3.05) is 18.8 Å². The van der Waals surface area contributed by atoms with Crippen LogP contribution in [0.5, 0.6) is 0 Å². The van der Waals surface area contributed by atoms with Crippen LogP contribution in [0.1, 0.15) is 44.9 Å². The van der Waals surface area contributed by atoms with Gasteiger partial charge in [0.2, 0.25) is 5.91 Å². The molecule has 3 fully saturated rings. The lowest BCUT2D eigenvalue weighted by Crippen LogP contribution is -2.55. The SMILES string of the molecule is O=C(C1CCCS1)N1CCC2(O)CCCCC2C1. The van der Waals surface area contributed by atoms with Gasteiger partial charge in [0.1, 0.15) is 0 Å². The first kappa shape index (κ1) is 12.8. The fourth-order valence-corrected chi connectivity index (χ4v) is 4.99. The van der Waals surface area contributed by atoms with E-state index in [0.29, 0.717) is 11.8 Å². The minimum atomic E-state index is -0.460. The first-order chi connectivity index (χ1) is 8.69. The van der Waals surface area contributed by atoms with E-state index in [0.717, 1.165) is 50.9 Å². The van der Waals surface area contributed by atoms with Crippen LogP contribution in [0.3, 0.4) is 0 Å². The minimum Gasteiger partial charge on any atom is -0.389 e. The Kier molecular flexibility index (Phi) is 3.59. The summed E-state index contributed by atoms with van der Waals surface area (Å²) >= 11 is 1.82. The molecule has 2 saturated heterocycles. The summed E-state index contributed by atoms with van der Waals surface area (Å²) in [6, 6.07) is 0. The zero-order valence-electron chi connectivity index (χ0n) is 10.9. The highest BCUT2D eigenvalue weighted by Gasteiger charge is 2.44. The summed E-state index contributed by atoms with van der Waals surface area (Å²) in [4.78, 5) is 14.4. The monoisotopic (exact) mass is 269 g/mol. The Morgan fingerprint density at radius 3 is 2.89 bits per heavy atom. The molecular formula is C14H23NO2S. The highest BCUT2D eigenvalue weighted by atomic mass is 32.2. The van der Waals surface area contributed by atoms with Crippen LogP contribution in [0, 0.1) is 5.92 Å². The Labute approximate surface area is 113 Å². The molecule has 0 radical (unpaired) electrons. The van der Waals surface area contributed by atoms with Gasteiger partial charge in [-0.2, -0.15) is 0 Å². The predicted octanol–water partition coefficient (Wildman–Crippen LogP) is 2.04. The van der Waals surface area contributed by atoms with Crippen molar-refractivity contribution in [1.82, 2.24) is 4.90 Å². The molecule has 102 valence electrons. The van der Waals surface area contributed by atoms with Crippen molar-refractivity contribution in [2.45, 2.75) is 55.8 Å². The number of fused-ring (bicyclic) bond motifs is 1. The molecule has 18 heavy (non-hydrogen) atoms. The first-order valence-corrected chi connectivity index (χ1v) is 8.37. The molecule has 3 nitrogen and oxygen atoms in total. The Morgan fingerprint density at radius 2 is 2.11 bits per heavy atom. The second-order valence-electron chi connectivity index (χ2n) is 6.08. The smallest absolute Gasteiger partial charge is 0.235 e. The van der Waals surface area contributed by atoms with E-state index in [1.807, 2.05) is 16.7 Å². The molecule has 1 amide bonds. The molecule has 0 aromatic heterocycles. The van der Waals surface area contributed by atoms with Gasteiger partial charge in [-0.15, -0.1) is 11.8 Å². The summed E-state index contributed by atoms with van der Waals surface area (Å²) in [5, 5.41) is 10.8. The summed E-state index contributed by atoms with van der Waals surface area (Å²) in [6.45, 7) is 1.56. The molecule has 1 aliphatic carbocycles. The number of carbonyl (C=O) groups excluding carboxylic acids is 1. The second kappa shape index (κ2) is 5.04. The van der Waals surface area contributed by atoms with Crippen molar-refractivity contribution in [3.05, 3.63) is 0 Å². The highest BCUT2D eigenvalue weighted by molar-refractivity contribution is 8.00. The van der Waals surface area contributed by atoms with Crippen LogP contribution in [0.4, 0.5) is 0 Å². The summed E-state index contributed by atoms with van der Waals surface area (Å²) in [5.74, 6) is 1.80. The fourth-order valence-electron chi connectivity index (χ4n) is 3.75. The van der Waals surface area contributed by atoms with E-state index in [2.05, 4.69) is 0 Å². The molecule has 0 aromatic rings. The standard InChI is InChI=1S/C14H23NO2S/c16-13(12-5-3-9-18-12)15-8-7-14(17)6-2-1-4-11(14)10-15/h11-12,17H,1-10H2. The molecule has 2 aliphatic heterocycles. The van der Waals surface area contributed by atoms with Gasteiger partial charge in [-0.05, 0) is 37.9 Å². The lowest BCUT2D eigenvalue weighted by Gasteiger charge is -2.47. The van der Waals surface area contributed by atoms with Crippen LogP contribution in [-0.2, 0) is 4.79 Å². The molecule has 4 heteroatoms. The number of carbonyl (C=O) groups is 1. The number of hydrogen-bond acceptors (Lipinski definition) is 3. The van der Waals surface area contributed by atoms with Gasteiger partial charge in [-0.1, -0.05) is 12.8 Å². The van der Waals surface area contributed by atoms with Crippen molar-refractivity contribution in [3.63, 3.8) is 0 Å². The number of piperidine rings is 1. The van der Waals surface area contributed by atoms with Crippen LogP contribution in [0.25, 0.3) is 0 Å². The third-order valence-electron chi connectivity index (χ3n) is 4.94. The van der Waals surface area contributed by atoms with E-state index in [-0.39, 0.29) is 5.25 Å². The number of rotatable bonds is 1. The highest BCUT2D eigenvalue weighted by Crippen LogP contribution is 2.40. The lowest BCUT2D eigenvalue weighted by molar-refractivity contribution is -0.142. The van der Waals surface area contributed by atoms with E-state index < -0.39 is 5.60 Å². The first-order valence-electron chi connectivity index (χ1n) is 7.32. The van der Waals surface area contributed by atoms with Crippen molar-refractivity contribution < 1.29 is 9.90 Å². The van der Waals surface area contributed by atoms with Crippen LogP contribution in [-0.4, -0.2) is 45.6 Å². The fraction of sp³-hybridized carbons (Fsp3) is 0.929. The van der Waals surface area contributed by atoms with Gasteiger partial charge in [0, 0.05) is 19.0 Å². The molecule has 2 heterocycles. The Morgan fingerprint density at radius 1 is 1.22 bits per heavy atom. The molecule has 1 saturated carbocycles. The van der Waals surface area contributed by atoms with Gasteiger partial charge in [0.15, 0.2) is 0 Å². The van der Waals surface area contributed by atoms with Crippen LogP contribution < -0.4 is 0 Å². The van der Waals surface area contributed by atoms with Crippen molar-refractivity contribution in [3.8, 4) is 0 Å². The van der Waals surface area contributed by atoms with Crippen LogP contribution in [0.2, 0.25) is 0 Å². The minimum absolute atomic E-state index is 0.208. The molecule has 0 bridgehead atoms. The van der Waals surface area contributed by atoms with E-state index in [4.69, 9.17) is 0 Å². The number of nitrogens with zero attached hydrogens (tertiary/aromatic N) is 1. The molecular weight excluding hydrogens is 246 g/mol. The Hall–Kier alpha value is -0.220. The zero-order chi connectivity index (χ0) is 12.6. The van der Waals surface area contributed by atoms with E-state index in [1.54, 1.807) is 0 Å². The molecule has 1 N–H and O–H groups in total. The maximum absolute atomic E-state index is 12.4. The van der Waals surface area contributed by atoms with Crippen LogP contribution in [0.15, 0.2) is 0 Å². The maximum Gasteiger partial charge on any atom is 0.235 e. The summed E-state index contributed by atoms with van der Waals surface area (Å²) < 4.78 is 0. The second-order valence-corrected chi connectivity index (χ2v) is 7.39. The third kappa shape index (κ3) is 2.29. The van der Waals surface area contributed by atoms with Gasteiger partial charge in [0.25, 0.3) is 0 Å². The largest absolute Gasteiger partial charge is 0.389 e. The van der Waals surface area contributed by atoms with Gasteiger partial charge in [-0.25, -0.2) is 0 Å². The quantitative estimate of drug-likeness (QED) is 0.792. The van der Waals surface area contributed by atoms with E-state index in [9.17, 15) is 9.90 Å². The summed E-state index contributed by atoms with van der Waals surface area (Å²) in [5.41, 5.74) is -0.460. The maximum atomic E-state index is 12.4. The number of amides is 1. The molecule has 3 atom stereocenters. The lowest BCUT2D eigenvalue weighted by atomic mass is 9.71. The van der Waals surface area contributed by atoms with Crippen molar-refractivity contribution in [2.24, 2.45) is 5.92 Å². The summed E-state index contributed by atoms with van der Waals surface area (Å²) in [6.07, 6.45) is 7.43. The van der Waals surface area contributed by atoms with Gasteiger partial charge < -0.3 is 10.0 Å². The molecule has 0 spiro atoms. The van der Waals surface area contributed by atoms with E-state index in [1.165, 1.54) is 12.8 Å². The Balaban J connectivity index is 1.64. The van der Waals surface area contributed by atoms with Gasteiger partial charge in [0.05, 0.1) is 10.9 Å². The number of likely N-dealkylation sites (tertiary alicyclic amines) is 1. The normalized spacial score (nSPS) is 40.6. The predicted molar refractivity (Wildman–Crippen MR) is 73.6 cm³/mol. The molecule has 3 rings (SSSR count). The third-order valence-corrected chi connectivity index (χ3v) is 6.31. The summed E-state index contributed by atoms with van der Waals surface area (Å²) in [7, 11) is 0. The average molecular weight is 269 g/mol. The molecule has 3 aliphatic rings. The number of aliphatic hydroxyl groups is 1. The number of hydrogen-bond donors (Lipinski definition) is 1. The number of thioether (sulfide) groups is 1. The molecule has 3 unspecified atom stereocenters. The van der Waals surface area contributed by atoms with Gasteiger partial charge >= 0.3 is 0 Å². The van der Waals surface area contributed by atoms with Crippen molar-refractivity contribution in [1.29, 1.82) is 0 Å². The van der Waals surface area contributed by atoms with E-state index >= 15 is 0 Å². The average Bonchev–Trinajstić information content (AvgIpc) is 2.90. The van der Waals surface area contributed by atoms with Crippen molar-refractivity contribution >= 4 is 17.7 Å². The topological polar surface area (TPSA) is 40.5 Å².